The van der Waals surface area contributed by atoms with Gasteiger partial charge in [-0.05, 0) is 61.4 Å². The fourth-order valence-corrected chi connectivity index (χ4v) is 4.40. The maximum Gasteiger partial charge on any atom is 0.339 e. The van der Waals surface area contributed by atoms with Crippen molar-refractivity contribution in [2.45, 2.75) is 25.2 Å². The molecule has 0 bridgehead atoms. The summed E-state index contributed by atoms with van der Waals surface area (Å²) in [5.41, 5.74) is 3.19. The van der Waals surface area contributed by atoms with Gasteiger partial charge in [-0.3, -0.25) is 4.79 Å². The first-order valence-electron chi connectivity index (χ1n) is 11.4. The molecule has 0 aromatic heterocycles. The molecule has 0 heterocycles. The smallest absolute Gasteiger partial charge is 0.339 e. The zero-order valence-corrected chi connectivity index (χ0v) is 22.1. The Kier molecular flexibility index (Phi) is 9.76. The van der Waals surface area contributed by atoms with Gasteiger partial charge in [-0.15, -0.1) is 0 Å². The molecule has 0 saturated heterocycles. The number of nitrogens with zero attached hydrogens (tertiary/aromatic N) is 1. The van der Waals surface area contributed by atoms with Gasteiger partial charge in [0, 0.05) is 5.56 Å². The van der Waals surface area contributed by atoms with E-state index in [1.807, 2.05) is 6.92 Å². The maximum absolute atomic E-state index is 12.7. The maximum atomic E-state index is 12.7. The third-order valence-electron chi connectivity index (χ3n) is 4.82. The number of hydrazone groups is 1. The summed E-state index contributed by atoms with van der Waals surface area (Å²) in [6.07, 6.45) is 2.18. The van der Waals surface area contributed by atoms with E-state index in [0.717, 1.165) is 6.42 Å². The molecule has 0 radical (unpaired) electrons. The molecule has 1 amide bonds. The van der Waals surface area contributed by atoms with Crippen LogP contribution in [0, 0.1) is 0 Å². The van der Waals surface area contributed by atoms with Gasteiger partial charge < -0.3 is 18.4 Å². The number of benzene rings is 3. The molecule has 0 aliphatic heterocycles. The minimum atomic E-state index is -4.14. The van der Waals surface area contributed by atoms with Crippen LogP contribution in [0.4, 0.5) is 0 Å². The minimum absolute atomic E-state index is 0.00867. The van der Waals surface area contributed by atoms with Crippen LogP contribution in [0.5, 0.6) is 23.0 Å². The molecule has 0 aliphatic carbocycles. The van der Waals surface area contributed by atoms with E-state index in [1.165, 1.54) is 37.6 Å². The highest BCUT2D eigenvalue weighted by molar-refractivity contribution is 7.87. The summed E-state index contributed by atoms with van der Waals surface area (Å²) in [6, 6.07) is 15.4. The van der Waals surface area contributed by atoms with Gasteiger partial charge in [0.2, 0.25) is 5.75 Å². The van der Waals surface area contributed by atoms with Crippen molar-refractivity contribution in [2.24, 2.45) is 5.10 Å². The highest BCUT2D eigenvalue weighted by Gasteiger charge is 2.22. The Labute approximate surface area is 221 Å². The van der Waals surface area contributed by atoms with Crippen molar-refractivity contribution in [3.8, 4) is 23.0 Å². The van der Waals surface area contributed by atoms with Gasteiger partial charge in [-0.25, -0.2) is 5.43 Å². The molecule has 0 aliphatic rings. The van der Waals surface area contributed by atoms with Crippen LogP contribution in [-0.4, -0.2) is 40.9 Å². The number of ether oxygens (including phenoxy) is 3. The molecule has 3 rings (SSSR count). The van der Waals surface area contributed by atoms with Gasteiger partial charge in [-0.2, -0.15) is 13.5 Å². The van der Waals surface area contributed by atoms with Crippen molar-refractivity contribution in [1.29, 1.82) is 0 Å². The Balaban J connectivity index is 1.77. The van der Waals surface area contributed by atoms with E-state index in [-0.39, 0.29) is 28.0 Å². The highest BCUT2D eigenvalue weighted by Crippen LogP contribution is 2.38. The van der Waals surface area contributed by atoms with Crippen LogP contribution < -0.4 is 23.8 Å². The van der Waals surface area contributed by atoms with Gasteiger partial charge in [0.25, 0.3) is 5.91 Å². The predicted molar refractivity (Wildman–Crippen MR) is 141 cm³/mol. The number of amides is 1. The molecule has 0 unspecified atom stereocenters. The van der Waals surface area contributed by atoms with E-state index in [2.05, 4.69) is 10.5 Å². The van der Waals surface area contributed by atoms with Crippen molar-refractivity contribution in [2.75, 3.05) is 20.3 Å². The molecule has 3 aromatic carbocycles. The average Bonchev–Trinajstić information content (AvgIpc) is 2.90. The van der Waals surface area contributed by atoms with Gasteiger partial charge >= 0.3 is 10.1 Å². The van der Waals surface area contributed by atoms with E-state index < -0.39 is 16.0 Å². The lowest BCUT2D eigenvalue weighted by atomic mass is 10.2. The van der Waals surface area contributed by atoms with Gasteiger partial charge in [0.15, 0.2) is 17.2 Å². The second kappa shape index (κ2) is 13.0. The number of halogens is 1. The first kappa shape index (κ1) is 27.8. The molecule has 196 valence electrons. The fourth-order valence-electron chi connectivity index (χ4n) is 3.12. The summed E-state index contributed by atoms with van der Waals surface area (Å²) in [5, 5.41) is 3.96. The highest BCUT2D eigenvalue weighted by atomic mass is 35.5. The van der Waals surface area contributed by atoms with Crippen LogP contribution in [0.2, 0.25) is 5.02 Å². The summed E-state index contributed by atoms with van der Waals surface area (Å²) in [7, 11) is -2.64. The van der Waals surface area contributed by atoms with E-state index >= 15 is 0 Å². The number of carbonyl (C=O) groups excluding carboxylic acids is 1. The van der Waals surface area contributed by atoms with Crippen molar-refractivity contribution in [1.82, 2.24) is 5.43 Å². The van der Waals surface area contributed by atoms with E-state index in [0.29, 0.717) is 29.2 Å². The molecule has 37 heavy (non-hydrogen) atoms. The topological polar surface area (TPSA) is 113 Å². The second-order valence-electron chi connectivity index (χ2n) is 7.53. The van der Waals surface area contributed by atoms with Crippen LogP contribution in [0.25, 0.3) is 0 Å². The number of carbonyl (C=O) groups is 1. The molecule has 9 nitrogen and oxygen atoms in total. The van der Waals surface area contributed by atoms with E-state index in [9.17, 15) is 13.2 Å². The fraction of sp³-hybridized carbons (Fsp3) is 0.231. The lowest BCUT2D eigenvalue weighted by Gasteiger charge is -2.14. The monoisotopic (exact) mass is 546 g/mol. The normalized spacial score (nSPS) is 11.2. The van der Waals surface area contributed by atoms with E-state index in [4.69, 9.17) is 30.0 Å². The second-order valence-corrected chi connectivity index (χ2v) is 9.48. The summed E-state index contributed by atoms with van der Waals surface area (Å²) in [6.45, 7) is 4.48. The molecule has 0 fully saturated rings. The number of hydrogen-bond acceptors (Lipinski definition) is 8. The Morgan fingerprint density at radius 3 is 2.43 bits per heavy atom. The Morgan fingerprint density at radius 1 is 1.00 bits per heavy atom. The van der Waals surface area contributed by atoms with Gasteiger partial charge in [0.05, 0.1) is 31.6 Å². The zero-order valence-electron chi connectivity index (χ0n) is 20.6. The quantitative estimate of drug-likeness (QED) is 0.192. The van der Waals surface area contributed by atoms with Gasteiger partial charge in [0.1, 0.15) is 4.90 Å². The lowest BCUT2D eigenvalue weighted by molar-refractivity contribution is 0.0954. The van der Waals surface area contributed by atoms with Crippen LogP contribution in [0.15, 0.2) is 70.7 Å². The molecule has 0 atom stereocenters. The Bertz CT molecular complexity index is 1360. The van der Waals surface area contributed by atoms with E-state index in [1.54, 1.807) is 43.3 Å². The zero-order chi connectivity index (χ0) is 26.8. The average molecular weight is 547 g/mol. The van der Waals surface area contributed by atoms with Crippen LogP contribution in [0.1, 0.15) is 36.2 Å². The summed E-state index contributed by atoms with van der Waals surface area (Å²) in [5.74, 6) is 0.459. The van der Waals surface area contributed by atoms with Crippen molar-refractivity contribution >= 4 is 33.8 Å². The summed E-state index contributed by atoms with van der Waals surface area (Å²) < 4.78 is 47.1. The Morgan fingerprint density at radius 2 is 1.76 bits per heavy atom. The Hall–Kier alpha value is -3.76. The van der Waals surface area contributed by atoms with Crippen LogP contribution >= 0.6 is 11.6 Å². The standard InChI is InChI=1S/C26H27ClN2O7S/c1-4-13-35-22-12-11-19(16-23(22)33-3)26(30)29-28-17-18-14-21(27)25(24(15-18)34-5-2)36-37(31,32)20-9-7-6-8-10-20/h6-12,14-17H,4-5,13H2,1-3H3,(H,29,30)/b28-17+. The lowest BCUT2D eigenvalue weighted by Crippen LogP contribution is -2.17. The number of methoxy groups -OCH3 is 1. The van der Waals surface area contributed by atoms with Crippen molar-refractivity contribution < 1.29 is 31.6 Å². The predicted octanol–water partition coefficient (Wildman–Crippen LogP) is 5.07. The molecule has 0 spiro atoms. The van der Waals surface area contributed by atoms with Crippen molar-refractivity contribution in [3.05, 3.63) is 76.8 Å². The molecule has 1 N–H and O–H groups in total. The summed E-state index contributed by atoms with van der Waals surface area (Å²) >= 11 is 6.34. The number of nitrogens with one attached hydrogen (secondary N) is 1. The minimum Gasteiger partial charge on any atom is -0.493 e. The van der Waals surface area contributed by atoms with Crippen molar-refractivity contribution in [3.63, 3.8) is 0 Å². The number of hydrogen-bond donors (Lipinski definition) is 1. The molecule has 3 aromatic rings. The molecule has 11 heteroatoms. The number of rotatable bonds is 12. The third-order valence-corrected chi connectivity index (χ3v) is 6.34. The molecule has 0 saturated carbocycles. The summed E-state index contributed by atoms with van der Waals surface area (Å²) in [4.78, 5) is 12.5. The van der Waals surface area contributed by atoms with Crippen LogP contribution in [-0.2, 0) is 10.1 Å². The molecular formula is C26H27ClN2O7S. The molecular weight excluding hydrogens is 520 g/mol. The first-order chi connectivity index (χ1) is 17.8. The SMILES string of the molecule is CCCOc1ccc(C(=O)N/N=C/c2cc(Cl)c(OS(=O)(=O)c3ccccc3)c(OCC)c2)cc1OC. The third kappa shape index (κ3) is 7.37. The van der Waals surface area contributed by atoms with Crippen LogP contribution in [0.3, 0.4) is 0 Å². The van der Waals surface area contributed by atoms with Gasteiger partial charge in [-0.1, -0.05) is 36.7 Å². The largest absolute Gasteiger partial charge is 0.493 e. The first-order valence-corrected chi connectivity index (χ1v) is 13.2.